The Hall–Kier alpha value is -5.41. The molecule has 0 radical (unpaired) electrons. The van der Waals surface area contributed by atoms with Gasteiger partial charge in [-0.2, -0.15) is 0 Å². The molecule has 0 saturated carbocycles. The van der Waals surface area contributed by atoms with Gasteiger partial charge in [0.2, 0.25) is 0 Å². The van der Waals surface area contributed by atoms with E-state index < -0.39 is 0 Å². The molecule has 7 aromatic rings. The molecule has 0 N–H and O–H groups in total. The highest BCUT2D eigenvalue weighted by Gasteiger charge is 2.23. The average molecular weight is 538 g/mol. The Morgan fingerprint density at radius 2 is 1.12 bits per heavy atom. The van der Waals surface area contributed by atoms with E-state index in [9.17, 15) is 0 Å². The van der Waals surface area contributed by atoms with Crippen molar-refractivity contribution in [2.75, 3.05) is 0 Å². The molecule has 0 fully saturated rings. The fourth-order valence-electron chi connectivity index (χ4n) is 6.45. The lowest BCUT2D eigenvalue weighted by molar-refractivity contribution is 0.875. The average Bonchev–Trinajstić information content (AvgIpc) is 3.09. The van der Waals surface area contributed by atoms with E-state index in [1.54, 1.807) is 6.33 Å². The monoisotopic (exact) mass is 537 g/mol. The summed E-state index contributed by atoms with van der Waals surface area (Å²) in [5, 5.41) is 7.79. The van der Waals surface area contributed by atoms with Crippen LogP contribution in [0.3, 0.4) is 0 Å². The lowest BCUT2D eigenvalue weighted by Crippen LogP contribution is -2.06. The van der Waals surface area contributed by atoms with Crippen molar-refractivity contribution in [3.8, 4) is 22.8 Å². The first kappa shape index (κ1) is 24.4. The van der Waals surface area contributed by atoms with Gasteiger partial charge in [-0.15, -0.1) is 0 Å². The zero-order valence-electron chi connectivity index (χ0n) is 23.0. The minimum absolute atomic E-state index is 0.209. The van der Waals surface area contributed by atoms with Crippen LogP contribution in [0, 0.1) is 0 Å². The minimum Gasteiger partial charge on any atom is -0.217 e. The quantitative estimate of drug-likeness (QED) is 0.210. The van der Waals surface area contributed by atoms with Gasteiger partial charge in [-0.25, -0.2) is 15.0 Å². The molecule has 0 saturated heterocycles. The summed E-state index contributed by atoms with van der Waals surface area (Å²) >= 11 is 0. The highest BCUT2D eigenvalue weighted by atomic mass is 15.0. The smallest absolute Gasteiger partial charge is 0.163 e. The number of hydrogen-bond acceptors (Lipinski definition) is 3. The molecule has 198 valence electrons. The molecule has 42 heavy (non-hydrogen) atoms. The zero-order chi connectivity index (χ0) is 27.9. The molecule has 0 spiro atoms. The van der Waals surface area contributed by atoms with Crippen molar-refractivity contribution >= 4 is 37.9 Å². The standard InChI is InChI=1S/C39H27N3/c1-2-12-26(13-3-1)38-40-25-41-39(42-38)36-21-11-10-19-33(36)29-15-5-4-14-28(29)27-22-23-35-32-18-7-6-16-30(32)31-17-8-9-20-34(31)37(35)24-27/h1-13,15-25,28H,14H2. The molecule has 1 aliphatic carbocycles. The Labute approximate surface area is 244 Å². The summed E-state index contributed by atoms with van der Waals surface area (Å²) in [5.74, 6) is 1.57. The molecule has 1 atom stereocenters. The number of hydrogen-bond donors (Lipinski definition) is 0. The maximum absolute atomic E-state index is 4.90. The molecule has 1 aromatic heterocycles. The molecule has 8 rings (SSSR count). The number of nitrogens with zero attached hydrogens (tertiary/aromatic N) is 3. The summed E-state index contributed by atoms with van der Waals surface area (Å²) in [5.41, 5.74) is 5.74. The Kier molecular flexibility index (Phi) is 5.93. The van der Waals surface area contributed by atoms with Gasteiger partial charge in [0, 0.05) is 17.0 Å². The second kappa shape index (κ2) is 10.2. The SMILES string of the molecule is C1=CCC(c2ccc3c4ccccc4c4ccccc4c3c2)C(c2ccccc2-c2ncnc(-c3ccccc3)n2)=C1. The van der Waals surface area contributed by atoms with Crippen LogP contribution in [0.1, 0.15) is 23.5 Å². The van der Waals surface area contributed by atoms with Gasteiger partial charge >= 0.3 is 0 Å². The van der Waals surface area contributed by atoms with E-state index in [1.807, 2.05) is 30.3 Å². The fraction of sp³-hybridized carbons (Fsp3) is 0.0513. The van der Waals surface area contributed by atoms with Crippen LogP contribution >= 0.6 is 0 Å². The van der Waals surface area contributed by atoms with Crippen molar-refractivity contribution in [1.29, 1.82) is 0 Å². The molecule has 3 nitrogen and oxygen atoms in total. The molecule has 0 amide bonds. The van der Waals surface area contributed by atoms with E-state index in [2.05, 4.69) is 119 Å². The van der Waals surface area contributed by atoms with Gasteiger partial charge in [0.25, 0.3) is 0 Å². The first-order valence-corrected chi connectivity index (χ1v) is 14.4. The Bertz CT molecular complexity index is 2140. The predicted molar refractivity (Wildman–Crippen MR) is 174 cm³/mol. The van der Waals surface area contributed by atoms with Crippen LogP contribution in [-0.4, -0.2) is 15.0 Å². The van der Waals surface area contributed by atoms with Gasteiger partial charge in [-0.1, -0.05) is 133 Å². The third-order valence-electron chi connectivity index (χ3n) is 8.41. The van der Waals surface area contributed by atoms with Crippen molar-refractivity contribution in [2.24, 2.45) is 0 Å². The highest BCUT2D eigenvalue weighted by molar-refractivity contribution is 6.25. The van der Waals surface area contributed by atoms with E-state index in [0.717, 1.165) is 23.1 Å². The fourth-order valence-corrected chi connectivity index (χ4v) is 6.45. The third-order valence-corrected chi connectivity index (χ3v) is 8.41. The van der Waals surface area contributed by atoms with Gasteiger partial charge < -0.3 is 0 Å². The largest absolute Gasteiger partial charge is 0.217 e. The van der Waals surface area contributed by atoms with E-state index in [1.165, 1.54) is 43.5 Å². The van der Waals surface area contributed by atoms with Crippen LogP contribution in [0.15, 0.2) is 146 Å². The summed E-state index contributed by atoms with van der Waals surface area (Å²) < 4.78 is 0. The maximum atomic E-state index is 4.90. The second-order valence-electron chi connectivity index (χ2n) is 10.8. The number of aromatic nitrogens is 3. The first-order chi connectivity index (χ1) is 20.8. The van der Waals surface area contributed by atoms with E-state index in [-0.39, 0.29) is 5.92 Å². The van der Waals surface area contributed by atoms with Crippen LogP contribution in [0.5, 0.6) is 0 Å². The van der Waals surface area contributed by atoms with Crippen LogP contribution in [0.2, 0.25) is 0 Å². The van der Waals surface area contributed by atoms with E-state index in [4.69, 9.17) is 4.98 Å². The molecule has 3 heteroatoms. The predicted octanol–water partition coefficient (Wildman–Crippen LogP) is 9.79. The van der Waals surface area contributed by atoms with Gasteiger partial charge in [0.15, 0.2) is 11.6 Å². The molecule has 0 aliphatic heterocycles. The molecular formula is C39H27N3. The summed E-state index contributed by atoms with van der Waals surface area (Å²) in [6, 6.07) is 43.1. The molecule has 1 aliphatic rings. The van der Waals surface area contributed by atoms with Crippen LogP contribution in [-0.2, 0) is 0 Å². The summed E-state index contributed by atoms with van der Waals surface area (Å²) in [4.78, 5) is 14.0. The molecule has 6 aromatic carbocycles. The van der Waals surface area contributed by atoms with Gasteiger partial charge in [-0.05, 0) is 61.5 Å². The lowest BCUT2D eigenvalue weighted by atomic mass is 9.79. The Morgan fingerprint density at radius 3 is 1.86 bits per heavy atom. The highest BCUT2D eigenvalue weighted by Crippen LogP contribution is 2.43. The van der Waals surface area contributed by atoms with Gasteiger partial charge in [-0.3, -0.25) is 0 Å². The van der Waals surface area contributed by atoms with Crippen molar-refractivity contribution in [3.63, 3.8) is 0 Å². The second-order valence-corrected chi connectivity index (χ2v) is 10.8. The Morgan fingerprint density at radius 1 is 0.524 bits per heavy atom. The normalized spacial score (nSPS) is 14.9. The summed E-state index contributed by atoms with van der Waals surface area (Å²) in [6.07, 6.45) is 9.26. The first-order valence-electron chi connectivity index (χ1n) is 14.4. The van der Waals surface area contributed by atoms with Crippen molar-refractivity contribution in [2.45, 2.75) is 12.3 Å². The number of fused-ring (bicyclic) bond motifs is 6. The summed E-state index contributed by atoms with van der Waals surface area (Å²) in [6.45, 7) is 0. The zero-order valence-corrected chi connectivity index (χ0v) is 23.0. The third kappa shape index (κ3) is 4.10. The van der Waals surface area contributed by atoms with Crippen LogP contribution < -0.4 is 0 Å². The summed E-state index contributed by atoms with van der Waals surface area (Å²) in [7, 11) is 0. The van der Waals surface area contributed by atoms with E-state index >= 15 is 0 Å². The molecular weight excluding hydrogens is 510 g/mol. The van der Waals surface area contributed by atoms with Gasteiger partial charge in [0.1, 0.15) is 6.33 Å². The Balaban J connectivity index is 1.27. The van der Waals surface area contributed by atoms with Crippen LogP contribution in [0.25, 0.3) is 60.7 Å². The maximum Gasteiger partial charge on any atom is 0.163 e. The molecule has 0 bridgehead atoms. The number of rotatable bonds is 4. The number of benzene rings is 6. The molecule has 1 unspecified atom stereocenters. The molecule has 1 heterocycles. The van der Waals surface area contributed by atoms with Crippen molar-refractivity contribution < 1.29 is 0 Å². The topological polar surface area (TPSA) is 38.7 Å². The van der Waals surface area contributed by atoms with Crippen LogP contribution in [0.4, 0.5) is 0 Å². The van der Waals surface area contributed by atoms with Crippen molar-refractivity contribution in [1.82, 2.24) is 15.0 Å². The lowest BCUT2D eigenvalue weighted by Gasteiger charge is -2.25. The van der Waals surface area contributed by atoms with Crippen molar-refractivity contribution in [3.05, 3.63) is 157 Å². The van der Waals surface area contributed by atoms with Gasteiger partial charge in [0.05, 0.1) is 0 Å². The van der Waals surface area contributed by atoms with E-state index in [0.29, 0.717) is 11.6 Å². The minimum atomic E-state index is 0.209. The number of allylic oxidation sites excluding steroid dienone is 4.